The first-order valence-electron chi connectivity index (χ1n) is 4.51. The van der Waals surface area contributed by atoms with E-state index in [4.69, 9.17) is 12.0 Å². The molecule has 0 fully saturated rings. The van der Waals surface area contributed by atoms with Gasteiger partial charge in [0.1, 0.15) is 11.6 Å². The highest BCUT2D eigenvalue weighted by molar-refractivity contribution is 5.99. The topological polar surface area (TPSA) is 71.4 Å². The molecular formula is C10H14O4. The third-order valence-electron chi connectivity index (χ3n) is 1.66. The Bertz CT molecular complexity index is 220. The molecule has 0 aromatic rings. The zero-order valence-electron chi connectivity index (χ0n) is 7.99. The average Bonchev–Trinajstić information content (AvgIpc) is 2.03. The van der Waals surface area contributed by atoms with E-state index in [9.17, 15) is 14.4 Å². The number of carbonyl (C=O) groups is 3. The lowest BCUT2D eigenvalue weighted by molar-refractivity contribution is -0.137. The molecule has 0 atom stereocenters. The maximum Gasteiger partial charge on any atom is 0.303 e. The number of Topliss-reactive ketones (excluding diaryl/α,β-unsaturated/α-hetero) is 2. The van der Waals surface area contributed by atoms with Crippen LogP contribution in [0.15, 0.2) is 0 Å². The maximum absolute atomic E-state index is 11.1. The van der Waals surface area contributed by atoms with E-state index >= 15 is 0 Å². The molecule has 0 rings (SSSR count). The number of hydrogen-bond acceptors (Lipinski definition) is 3. The molecule has 0 spiro atoms. The summed E-state index contributed by atoms with van der Waals surface area (Å²) in [5.41, 5.74) is 0. The van der Waals surface area contributed by atoms with E-state index in [1.807, 2.05) is 0 Å². The molecule has 4 nitrogen and oxygen atoms in total. The Kier molecular flexibility index (Phi) is 6.62. The smallest absolute Gasteiger partial charge is 0.303 e. The monoisotopic (exact) mass is 198 g/mol. The second-order valence-electron chi connectivity index (χ2n) is 3.04. The minimum atomic E-state index is -0.925. The Hall–Kier alpha value is -1.19. The van der Waals surface area contributed by atoms with Gasteiger partial charge in [-0.3, -0.25) is 14.4 Å². The number of rotatable bonds is 8. The van der Waals surface area contributed by atoms with Crippen LogP contribution in [-0.2, 0) is 14.4 Å². The summed E-state index contributed by atoms with van der Waals surface area (Å²) in [7, 11) is 0. The van der Waals surface area contributed by atoms with Crippen molar-refractivity contribution in [1.82, 2.24) is 0 Å². The van der Waals surface area contributed by atoms with Gasteiger partial charge >= 0.3 is 5.97 Å². The number of ketones is 2. The lowest BCUT2D eigenvalue weighted by Gasteiger charge is -1.98. The van der Waals surface area contributed by atoms with Crippen LogP contribution in [0.5, 0.6) is 0 Å². The number of carbonyl (C=O) groups excluding carboxylic acids is 2. The van der Waals surface area contributed by atoms with Crippen LogP contribution >= 0.6 is 0 Å². The summed E-state index contributed by atoms with van der Waals surface area (Å²) in [6.45, 7) is 5.14. The number of aliphatic carboxylic acids is 1. The van der Waals surface area contributed by atoms with Gasteiger partial charge in [0, 0.05) is 19.3 Å². The lowest BCUT2D eigenvalue weighted by atomic mass is 10.1. The molecule has 2 radical (unpaired) electrons. The fourth-order valence-electron chi connectivity index (χ4n) is 0.994. The van der Waals surface area contributed by atoms with Gasteiger partial charge in [-0.2, -0.15) is 0 Å². The van der Waals surface area contributed by atoms with Crippen molar-refractivity contribution >= 4 is 17.5 Å². The van der Waals surface area contributed by atoms with Crippen LogP contribution in [0, 0.1) is 6.92 Å². The zero-order valence-corrected chi connectivity index (χ0v) is 7.99. The van der Waals surface area contributed by atoms with Gasteiger partial charge in [-0.15, -0.1) is 0 Å². The summed E-state index contributed by atoms with van der Waals surface area (Å²) in [5.74, 6) is -1.30. The number of carboxylic acid groups (broad SMARTS) is 1. The van der Waals surface area contributed by atoms with Gasteiger partial charge in [-0.05, 0) is 19.8 Å². The Morgan fingerprint density at radius 3 is 2.07 bits per heavy atom. The summed E-state index contributed by atoms with van der Waals surface area (Å²) in [5, 5.41) is 8.30. The first kappa shape index (κ1) is 12.8. The van der Waals surface area contributed by atoms with E-state index in [0.717, 1.165) is 0 Å². The van der Waals surface area contributed by atoms with Crippen molar-refractivity contribution in [2.75, 3.05) is 0 Å². The van der Waals surface area contributed by atoms with Crippen molar-refractivity contribution in [3.8, 4) is 0 Å². The second-order valence-corrected chi connectivity index (χ2v) is 3.04. The Labute approximate surface area is 83.3 Å². The van der Waals surface area contributed by atoms with Crippen LogP contribution in [0.1, 0.15) is 38.5 Å². The van der Waals surface area contributed by atoms with Crippen molar-refractivity contribution in [1.29, 1.82) is 0 Å². The third-order valence-corrected chi connectivity index (χ3v) is 1.66. The number of hydrogen-bond donors (Lipinski definition) is 1. The summed E-state index contributed by atoms with van der Waals surface area (Å²) in [4.78, 5) is 32.1. The van der Waals surface area contributed by atoms with Gasteiger partial charge in [0.15, 0.2) is 0 Å². The Morgan fingerprint density at radius 2 is 1.57 bits per heavy atom. The molecule has 0 saturated heterocycles. The van der Waals surface area contributed by atoms with Crippen LogP contribution in [0.25, 0.3) is 0 Å². The molecule has 0 aliphatic carbocycles. The quantitative estimate of drug-likeness (QED) is 0.596. The predicted molar refractivity (Wildman–Crippen MR) is 49.7 cm³/mol. The predicted octanol–water partition coefficient (Wildman–Crippen LogP) is 1.26. The highest BCUT2D eigenvalue weighted by Crippen LogP contribution is 2.02. The molecule has 0 aliphatic heterocycles. The van der Waals surface area contributed by atoms with Crippen molar-refractivity contribution < 1.29 is 19.5 Å². The highest BCUT2D eigenvalue weighted by Gasteiger charge is 2.09. The van der Waals surface area contributed by atoms with E-state index < -0.39 is 5.97 Å². The van der Waals surface area contributed by atoms with Crippen LogP contribution < -0.4 is 0 Å². The van der Waals surface area contributed by atoms with Crippen LogP contribution in [0.4, 0.5) is 0 Å². The average molecular weight is 198 g/mol. The van der Waals surface area contributed by atoms with Gasteiger partial charge in [0.05, 0.1) is 6.42 Å². The molecule has 0 bridgehead atoms. The van der Waals surface area contributed by atoms with Crippen LogP contribution in [0.3, 0.4) is 0 Å². The van der Waals surface area contributed by atoms with Crippen LogP contribution in [-0.4, -0.2) is 22.6 Å². The van der Waals surface area contributed by atoms with Gasteiger partial charge in [-0.1, -0.05) is 0 Å². The fourth-order valence-corrected chi connectivity index (χ4v) is 0.994. The molecule has 0 unspecified atom stereocenters. The fraction of sp³-hybridized carbons (Fsp3) is 0.600. The van der Waals surface area contributed by atoms with E-state index in [2.05, 4.69) is 0 Å². The molecule has 0 heterocycles. The zero-order chi connectivity index (χ0) is 11.0. The molecule has 1 N–H and O–H groups in total. The van der Waals surface area contributed by atoms with E-state index in [-0.39, 0.29) is 43.7 Å². The Morgan fingerprint density at radius 1 is 1.00 bits per heavy atom. The summed E-state index contributed by atoms with van der Waals surface area (Å²) in [6.07, 6.45) is 0.770. The van der Waals surface area contributed by atoms with Gasteiger partial charge in [0.25, 0.3) is 0 Å². The van der Waals surface area contributed by atoms with Crippen LogP contribution in [0.2, 0.25) is 0 Å². The molecule has 78 valence electrons. The lowest BCUT2D eigenvalue weighted by Crippen LogP contribution is -2.08. The summed E-state index contributed by atoms with van der Waals surface area (Å²) >= 11 is 0. The number of carboxylic acids is 1. The molecular weight excluding hydrogens is 184 g/mol. The van der Waals surface area contributed by atoms with Crippen molar-refractivity contribution in [2.45, 2.75) is 38.5 Å². The SMILES string of the molecule is [CH]CCC(=O)CC(=O)CCCC(=O)O. The molecule has 0 amide bonds. The molecule has 14 heavy (non-hydrogen) atoms. The second kappa shape index (κ2) is 7.24. The summed E-state index contributed by atoms with van der Waals surface area (Å²) < 4.78 is 0. The Balaban J connectivity index is 3.55. The van der Waals surface area contributed by atoms with E-state index in [1.165, 1.54) is 0 Å². The van der Waals surface area contributed by atoms with Gasteiger partial charge in [-0.25, -0.2) is 0 Å². The van der Waals surface area contributed by atoms with Crippen molar-refractivity contribution in [3.63, 3.8) is 0 Å². The molecule has 0 aliphatic rings. The van der Waals surface area contributed by atoms with Gasteiger partial charge in [0.2, 0.25) is 0 Å². The van der Waals surface area contributed by atoms with Crippen molar-refractivity contribution in [3.05, 3.63) is 6.92 Å². The minimum absolute atomic E-state index is 0.0309. The minimum Gasteiger partial charge on any atom is -0.481 e. The highest BCUT2D eigenvalue weighted by atomic mass is 16.4. The molecule has 4 heteroatoms. The van der Waals surface area contributed by atoms with Crippen molar-refractivity contribution in [2.24, 2.45) is 0 Å². The third kappa shape index (κ3) is 7.46. The molecule has 0 saturated carbocycles. The van der Waals surface area contributed by atoms with Gasteiger partial charge < -0.3 is 5.11 Å². The molecule has 0 aromatic heterocycles. The standard InChI is InChI=1S/C10H14O4/c1-2-4-8(11)7-9(12)5-3-6-10(13)14/h1H,2-7H2,(H,13,14). The first-order chi connectivity index (χ1) is 6.56. The first-order valence-corrected chi connectivity index (χ1v) is 4.51. The maximum atomic E-state index is 11.1. The summed E-state index contributed by atoms with van der Waals surface area (Å²) in [6, 6.07) is 0. The van der Waals surface area contributed by atoms with E-state index in [0.29, 0.717) is 6.42 Å². The normalized spacial score (nSPS) is 9.79. The molecule has 0 aromatic carbocycles. The van der Waals surface area contributed by atoms with E-state index in [1.54, 1.807) is 0 Å². The largest absolute Gasteiger partial charge is 0.481 e.